The summed E-state index contributed by atoms with van der Waals surface area (Å²) >= 11 is 0. The molecular weight excluding hydrogens is 214 g/mol. The van der Waals surface area contributed by atoms with E-state index < -0.39 is 0 Å². The molecule has 2 N–H and O–H groups in total. The third-order valence-electron chi connectivity index (χ3n) is 4.00. The van der Waals surface area contributed by atoms with Crippen LogP contribution < -0.4 is 5.73 Å². The van der Waals surface area contributed by atoms with E-state index in [-0.39, 0.29) is 6.04 Å². The first-order valence-electron chi connectivity index (χ1n) is 6.68. The van der Waals surface area contributed by atoms with Gasteiger partial charge in [0.1, 0.15) is 5.82 Å². The Bertz CT molecular complexity index is 400. The zero-order chi connectivity index (χ0) is 11.8. The molecule has 2 aliphatic rings. The largest absolute Gasteiger partial charge is 0.326 e. The van der Waals surface area contributed by atoms with Crippen LogP contribution in [0, 0.1) is 0 Å². The molecule has 3 rings (SSSR count). The maximum absolute atomic E-state index is 5.96. The highest BCUT2D eigenvalue weighted by molar-refractivity contribution is 5.05. The number of aryl methyl sites for hydroxylation is 1. The number of fused-ring (bicyclic) bond motifs is 1. The Balaban J connectivity index is 1.76. The molecule has 0 aromatic carbocycles. The third-order valence-corrected chi connectivity index (χ3v) is 4.00. The molecule has 94 valence electrons. The van der Waals surface area contributed by atoms with Crippen LogP contribution in [0.25, 0.3) is 0 Å². The first-order valence-corrected chi connectivity index (χ1v) is 6.68. The molecule has 1 saturated heterocycles. The summed E-state index contributed by atoms with van der Waals surface area (Å²) in [5, 5.41) is 4.65. The van der Waals surface area contributed by atoms with Crippen LogP contribution in [0.3, 0.4) is 0 Å². The highest BCUT2D eigenvalue weighted by Gasteiger charge is 2.28. The second-order valence-electron chi connectivity index (χ2n) is 5.25. The number of nitrogens with zero attached hydrogens (tertiary/aromatic N) is 4. The number of hydrogen-bond acceptors (Lipinski definition) is 4. The van der Waals surface area contributed by atoms with Gasteiger partial charge in [-0.25, -0.2) is 9.67 Å². The van der Waals surface area contributed by atoms with E-state index in [9.17, 15) is 0 Å². The van der Waals surface area contributed by atoms with Gasteiger partial charge in [-0.15, -0.1) is 0 Å². The van der Waals surface area contributed by atoms with Gasteiger partial charge in [-0.05, 0) is 25.9 Å². The van der Waals surface area contributed by atoms with Crippen molar-refractivity contribution in [1.29, 1.82) is 0 Å². The molecule has 0 amide bonds. The number of aromatic nitrogens is 3. The Kier molecular flexibility index (Phi) is 2.88. The maximum atomic E-state index is 5.96. The average Bonchev–Trinajstić information content (AvgIpc) is 2.93. The fourth-order valence-electron chi connectivity index (χ4n) is 2.86. The molecule has 17 heavy (non-hydrogen) atoms. The Morgan fingerprint density at radius 1 is 1.35 bits per heavy atom. The molecule has 0 spiro atoms. The Morgan fingerprint density at radius 2 is 2.24 bits per heavy atom. The zero-order valence-corrected chi connectivity index (χ0v) is 10.5. The minimum atomic E-state index is 0.257. The highest BCUT2D eigenvalue weighted by Crippen LogP contribution is 2.25. The summed E-state index contributed by atoms with van der Waals surface area (Å²) < 4.78 is 2.03. The Labute approximate surface area is 102 Å². The molecule has 2 unspecified atom stereocenters. The summed E-state index contributed by atoms with van der Waals surface area (Å²) in [6.45, 7) is 6.49. The number of likely N-dealkylation sites (N-methyl/N-ethyl adjacent to an activating group) is 1. The van der Waals surface area contributed by atoms with Gasteiger partial charge in [0.2, 0.25) is 0 Å². The topological polar surface area (TPSA) is 60.0 Å². The van der Waals surface area contributed by atoms with Gasteiger partial charge in [0, 0.05) is 24.9 Å². The predicted octanol–water partition coefficient (Wildman–Crippen LogP) is 0.361. The Hall–Kier alpha value is -0.940. The van der Waals surface area contributed by atoms with E-state index in [4.69, 9.17) is 10.7 Å². The van der Waals surface area contributed by atoms with Crippen molar-refractivity contribution < 1.29 is 0 Å². The number of nitrogens with two attached hydrogens (primary N) is 1. The van der Waals surface area contributed by atoms with Crippen LogP contribution in [-0.2, 0) is 13.0 Å². The molecule has 0 radical (unpaired) electrons. The minimum absolute atomic E-state index is 0.257. The first kappa shape index (κ1) is 11.2. The summed E-state index contributed by atoms with van der Waals surface area (Å²) in [6.07, 6.45) is 3.23. The van der Waals surface area contributed by atoms with Gasteiger partial charge in [0.25, 0.3) is 0 Å². The molecule has 3 heterocycles. The normalized spacial score (nSPS) is 29.5. The van der Waals surface area contributed by atoms with Gasteiger partial charge in [-0.3, -0.25) is 0 Å². The van der Waals surface area contributed by atoms with Crippen molar-refractivity contribution in [2.45, 2.75) is 44.7 Å². The van der Waals surface area contributed by atoms with Gasteiger partial charge >= 0.3 is 0 Å². The van der Waals surface area contributed by atoms with E-state index in [1.54, 1.807) is 0 Å². The lowest BCUT2D eigenvalue weighted by Gasteiger charge is -2.17. The van der Waals surface area contributed by atoms with E-state index >= 15 is 0 Å². The van der Waals surface area contributed by atoms with E-state index in [0.29, 0.717) is 5.92 Å². The molecule has 2 aliphatic heterocycles. The summed E-state index contributed by atoms with van der Waals surface area (Å²) in [5.74, 6) is 2.71. The first-order chi connectivity index (χ1) is 8.26. The molecular formula is C12H21N5. The van der Waals surface area contributed by atoms with Crippen molar-refractivity contribution >= 4 is 0 Å². The molecule has 0 bridgehead atoms. The van der Waals surface area contributed by atoms with E-state index in [1.807, 2.05) is 4.68 Å². The van der Waals surface area contributed by atoms with Gasteiger partial charge in [-0.1, -0.05) is 6.92 Å². The third kappa shape index (κ3) is 2.09. The van der Waals surface area contributed by atoms with E-state index in [0.717, 1.165) is 44.1 Å². The van der Waals surface area contributed by atoms with Gasteiger partial charge < -0.3 is 10.6 Å². The number of likely N-dealkylation sites (tertiary alicyclic amines) is 1. The lowest BCUT2D eigenvalue weighted by atomic mass is 10.1. The molecule has 1 aromatic heterocycles. The molecule has 0 aliphatic carbocycles. The van der Waals surface area contributed by atoms with Crippen molar-refractivity contribution in [3.63, 3.8) is 0 Å². The van der Waals surface area contributed by atoms with Crippen LogP contribution in [-0.4, -0.2) is 45.3 Å². The number of hydrogen-bond donors (Lipinski definition) is 1. The molecule has 5 nitrogen and oxygen atoms in total. The van der Waals surface area contributed by atoms with E-state index in [1.165, 1.54) is 13.0 Å². The monoisotopic (exact) mass is 235 g/mol. The summed E-state index contributed by atoms with van der Waals surface area (Å²) in [5.41, 5.74) is 5.96. The van der Waals surface area contributed by atoms with Crippen molar-refractivity contribution in [1.82, 2.24) is 19.7 Å². The van der Waals surface area contributed by atoms with Crippen molar-refractivity contribution in [2.75, 3.05) is 19.6 Å². The molecule has 0 saturated carbocycles. The minimum Gasteiger partial charge on any atom is -0.326 e. The second-order valence-corrected chi connectivity index (χ2v) is 5.25. The van der Waals surface area contributed by atoms with Gasteiger partial charge in [0.05, 0.1) is 6.54 Å². The SMILES string of the molecule is CCN1CCC(c2nc3n(n2)CC(N)CC3)C1. The second kappa shape index (κ2) is 4.38. The summed E-state index contributed by atoms with van der Waals surface area (Å²) in [6, 6.07) is 0.257. The molecule has 1 aromatic rings. The lowest BCUT2D eigenvalue weighted by Crippen LogP contribution is -2.32. The average molecular weight is 235 g/mol. The quantitative estimate of drug-likeness (QED) is 0.804. The fourth-order valence-corrected chi connectivity index (χ4v) is 2.86. The van der Waals surface area contributed by atoms with Crippen LogP contribution in [0.15, 0.2) is 0 Å². The molecule has 5 heteroatoms. The van der Waals surface area contributed by atoms with Crippen LogP contribution in [0.1, 0.15) is 37.3 Å². The molecule has 2 atom stereocenters. The highest BCUT2D eigenvalue weighted by atomic mass is 15.4. The Morgan fingerprint density at radius 3 is 3.00 bits per heavy atom. The van der Waals surface area contributed by atoms with Crippen LogP contribution >= 0.6 is 0 Å². The molecule has 1 fully saturated rings. The van der Waals surface area contributed by atoms with Crippen molar-refractivity contribution in [2.24, 2.45) is 5.73 Å². The van der Waals surface area contributed by atoms with E-state index in [2.05, 4.69) is 16.9 Å². The smallest absolute Gasteiger partial charge is 0.155 e. The van der Waals surface area contributed by atoms with Crippen LogP contribution in [0.5, 0.6) is 0 Å². The van der Waals surface area contributed by atoms with Crippen LogP contribution in [0.4, 0.5) is 0 Å². The number of rotatable bonds is 2. The lowest BCUT2D eigenvalue weighted by molar-refractivity contribution is 0.352. The van der Waals surface area contributed by atoms with Gasteiger partial charge in [0.15, 0.2) is 5.82 Å². The van der Waals surface area contributed by atoms with Crippen molar-refractivity contribution in [3.05, 3.63) is 11.6 Å². The summed E-state index contributed by atoms with van der Waals surface area (Å²) in [7, 11) is 0. The summed E-state index contributed by atoms with van der Waals surface area (Å²) in [4.78, 5) is 7.17. The van der Waals surface area contributed by atoms with Crippen LogP contribution in [0.2, 0.25) is 0 Å². The maximum Gasteiger partial charge on any atom is 0.155 e. The standard InChI is InChI=1S/C12H21N5/c1-2-16-6-5-9(7-16)12-14-11-4-3-10(13)8-17(11)15-12/h9-10H,2-8,13H2,1H3. The zero-order valence-electron chi connectivity index (χ0n) is 10.5. The van der Waals surface area contributed by atoms with Crippen molar-refractivity contribution in [3.8, 4) is 0 Å². The fraction of sp³-hybridized carbons (Fsp3) is 0.833. The predicted molar refractivity (Wildman–Crippen MR) is 65.8 cm³/mol. The van der Waals surface area contributed by atoms with Gasteiger partial charge in [-0.2, -0.15) is 5.10 Å².